The van der Waals surface area contributed by atoms with Crippen LogP contribution in [0.2, 0.25) is 0 Å². The number of carbonyl (C=O) groups excluding carboxylic acids is 1. The van der Waals surface area contributed by atoms with Crippen LogP contribution < -0.4 is 0 Å². The maximum absolute atomic E-state index is 12.6. The molecule has 6 heteroatoms. The van der Waals surface area contributed by atoms with Gasteiger partial charge in [-0.15, -0.1) is 0 Å². The van der Waals surface area contributed by atoms with Gasteiger partial charge in [-0.2, -0.15) is 0 Å². The summed E-state index contributed by atoms with van der Waals surface area (Å²) in [5, 5.41) is 16.2. The van der Waals surface area contributed by atoms with Gasteiger partial charge in [-0.1, -0.05) is 6.92 Å². The van der Waals surface area contributed by atoms with E-state index in [0.29, 0.717) is 6.04 Å². The normalized spacial score (nSPS) is 17.5. The van der Waals surface area contributed by atoms with Gasteiger partial charge in [0.15, 0.2) is 0 Å². The van der Waals surface area contributed by atoms with Crippen molar-refractivity contribution in [1.29, 1.82) is 0 Å². The van der Waals surface area contributed by atoms with Gasteiger partial charge in [0, 0.05) is 18.5 Å². The molecule has 0 aromatic heterocycles. The number of carboxylic acid groups (broad SMARTS) is 1. The van der Waals surface area contributed by atoms with Gasteiger partial charge in [0.1, 0.15) is 0 Å². The van der Waals surface area contributed by atoms with Gasteiger partial charge in [-0.05, 0) is 53.1 Å². The summed E-state index contributed by atoms with van der Waals surface area (Å²) in [6.07, 6.45) is 2.85. The summed E-state index contributed by atoms with van der Waals surface area (Å²) in [6, 6.07) is 0.509. The Hall–Kier alpha value is -1.14. The van der Waals surface area contributed by atoms with Crippen molar-refractivity contribution in [2.45, 2.75) is 59.0 Å². The van der Waals surface area contributed by atoms with E-state index in [9.17, 15) is 9.90 Å². The predicted octanol–water partition coefficient (Wildman–Crippen LogP) is 1.43. The summed E-state index contributed by atoms with van der Waals surface area (Å²) < 4.78 is 0. The number of hydrogen-bond acceptors (Lipinski definition) is 4. The molecule has 1 heterocycles. The zero-order chi connectivity index (χ0) is 17.1. The van der Waals surface area contributed by atoms with Crippen molar-refractivity contribution in [1.82, 2.24) is 9.80 Å². The molecule has 0 spiro atoms. The average Bonchev–Trinajstić information content (AvgIpc) is 2.52. The molecule has 1 atom stereocenters. The van der Waals surface area contributed by atoms with E-state index >= 15 is 0 Å². The smallest absolute Gasteiger partial charge is 0.290 e. The summed E-state index contributed by atoms with van der Waals surface area (Å²) in [6.45, 7) is 11.0. The highest BCUT2D eigenvalue weighted by atomic mass is 16.3. The molecular formula is C16H32N2O4. The van der Waals surface area contributed by atoms with Gasteiger partial charge in [0.05, 0.1) is 12.6 Å². The van der Waals surface area contributed by atoms with E-state index in [0.717, 1.165) is 38.9 Å². The van der Waals surface area contributed by atoms with Crippen LogP contribution in [0.15, 0.2) is 0 Å². The molecule has 1 saturated heterocycles. The molecule has 130 valence electrons. The highest BCUT2D eigenvalue weighted by molar-refractivity contribution is 5.79. The Morgan fingerprint density at radius 3 is 2.18 bits per heavy atom. The van der Waals surface area contributed by atoms with Crippen molar-refractivity contribution in [3.63, 3.8) is 0 Å². The standard InChI is InChI=1S/C15H30N2O2.CH2O2/c1-5-8-17(13(4)11-18)15(19)14-6-9-16(10-7-14)12(2)3;2-1-3/h12-14,18H,5-11H2,1-4H3;1H,(H,2,3). The van der Waals surface area contributed by atoms with Gasteiger partial charge < -0.3 is 20.0 Å². The van der Waals surface area contributed by atoms with Crippen LogP contribution >= 0.6 is 0 Å². The van der Waals surface area contributed by atoms with E-state index in [-0.39, 0.29) is 30.9 Å². The number of amides is 1. The Labute approximate surface area is 134 Å². The molecule has 0 saturated carbocycles. The van der Waals surface area contributed by atoms with Crippen LogP contribution in [0.3, 0.4) is 0 Å². The fourth-order valence-corrected chi connectivity index (χ4v) is 2.78. The SMILES string of the molecule is CCCN(C(=O)C1CCN(C(C)C)CC1)C(C)CO.O=CO. The van der Waals surface area contributed by atoms with Gasteiger partial charge in [-0.25, -0.2) is 0 Å². The van der Waals surface area contributed by atoms with E-state index in [1.165, 1.54) is 0 Å². The number of hydrogen-bond donors (Lipinski definition) is 2. The molecule has 1 rings (SSSR count). The first-order valence-corrected chi connectivity index (χ1v) is 8.16. The van der Waals surface area contributed by atoms with Crippen LogP contribution in [0, 0.1) is 5.92 Å². The largest absolute Gasteiger partial charge is 0.483 e. The van der Waals surface area contributed by atoms with Crippen LogP contribution in [0.4, 0.5) is 0 Å². The second-order valence-electron chi connectivity index (χ2n) is 6.07. The molecule has 0 radical (unpaired) electrons. The van der Waals surface area contributed by atoms with Crippen molar-refractivity contribution >= 4 is 12.4 Å². The Morgan fingerprint density at radius 1 is 1.32 bits per heavy atom. The number of aliphatic hydroxyl groups is 1. The third-order valence-electron chi connectivity index (χ3n) is 4.15. The molecule has 1 amide bonds. The van der Waals surface area contributed by atoms with Crippen molar-refractivity contribution in [3.05, 3.63) is 0 Å². The lowest BCUT2D eigenvalue weighted by Crippen LogP contribution is -2.48. The second kappa shape index (κ2) is 11.4. The lowest BCUT2D eigenvalue weighted by atomic mass is 9.94. The molecule has 22 heavy (non-hydrogen) atoms. The molecule has 1 unspecified atom stereocenters. The summed E-state index contributed by atoms with van der Waals surface area (Å²) in [5.74, 6) is 0.391. The first kappa shape index (κ1) is 20.9. The van der Waals surface area contributed by atoms with Crippen molar-refractivity contribution in [3.8, 4) is 0 Å². The molecule has 1 aliphatic heterocycles. The third-order valence-corrected chi connectivity index (χ3v) is 4.15. The maximum atomic E-state index is 12.6. The minimum atomic E-state index is -0.250. The van der Waals surface area contributed by atoms with Gasteiger partial charge in [0.2, 0.25) is 5.91 Å². The molecule has 1 aliphatic rings. The second-order valence-corrected chi connectivity index (χ2v) is 6.07. The lowest BCUT2D eigenvalue weighted by molar-refractivity contribution is -0.140. The summed E-state index contributed by atoms with van der Waals surface area (Å²) in [5.41, 5.74) is 0. The fraction of sp³-hybridized carbons (Fsp3) is 0.875. The molecule has 0 bridgehead atoms. The topological polar surface area (TPSA) is 81.1 Å². The molecule has 2 N–H and O–H groups in total. The van der Waals surface area contributed by atoms with Gasteiger partial charge in [0.25, 0.3) is 6.47 Å². The number of piperidine rings is 1. The zero-order valence-electron chi connectivity index (χ0n) is 14.4. The van der Waals surface area contributed by atoms with E-state index in [4.69, 9.17) is 9.90 Å². The number of aliphatic hydroxyl groups excluding tert-OH is 1. The van der Waals surface area contributed by atoms with Crippen molar-refractivity contribution in [2.75, 3.05) is 26.2 Å². The molecular weight excluding hydrogens is 284 g/mol. The highest BCUT2D eigenvalue weighted by Gasteiger charge is 2.30. The van der Waals surface area contributed by atoms with Crippen LogP contribution in [0.25, 0.3) is 0 Å². The summed E-state index contributed by atoms with van der Waals surface area (Å²) >= 11 is 0. The van der Waals surface area contributed by atoms with Crippen LogP contribution in [-0.4, -0.2) is 70.7 Å². The van der Waals surface area contributed by atoms with E-state index in [1.807, 2.05) is 11.8 Å². The molecule has 1 fully saturated rings. The van der Waals surface area contributed by atoms with Crippen molar-refractivity contribution < 1.29 is 19.8 Å². The van der Waals surface area contributed by atoms with Crippen LogP contribution in [-0.2, 0) is 9.59 Å². The number of rotatable bonds is 6. The highest BCUT2D eigenvalue weighted by Crippen LogP contribution is 2.22. The molecule has 6 nitrogen and oxygen atoms in total. The van der Waals surface area contributed by atoms with Crippen molar-refractivity contribution in [2.24, 2.45) is 5.92 Å². The number of likely N-dealkylation sites (tertiary alicyclic amines) is 1. The Morgan fingerprint density at radius 2 is 1.82 bits per heavy atom. The van der Waals surface area contributed by atoms with E-state index in [2.05, 4.69) is 25.7 Å². The summed E-state index contributed by atoms with van der Waals surface area (Å²) in [7, 11) is 0. The number of carbonyl (C=O) groups is 2. The Bertz CT molecular complexity index is 315. The summed E-state index contributed by atoms with van der Waals surface area (Å²) in [4.78, 5) is 25.2. The molecule has 0 aromatic carbocycles. The Balaban J connectivity index is 0.00000135. The van der Waals surface area contributed by atoms with E-state index < -0.39 is 0 Å². The minimum absolute atomic E-state index is 0.0522. The first-order chi connectivity index (χ1) is 10.4. The monoisotopic (exact) mass is 316 g/mol. The van der Waals surface area contributed by atoms with Crippen LogP contribution in [0.5, 0.6) is 0 Å². The zero-order valence-corrected chi connectivity index (χ0v) is 14.4. The first-order valence-electron chi connectivity index (χ1n) is 8.16. The fourth-order valence-electron chi connectivity index (χ4n) is 2.78. The number of nitrogens with zero attached hydrogens (tertiary/aromatic N) is 2. The van der Waals surface area contributed by atoms with Gasteiger partial charge in [-0.3, -0.25) is 9.59 Å². The van der Waals surface area contributed by atoms with E-state index in [1.54, 1.807) is 0 Å². The molecule has 0 aliphatic carbocycles. The minimum Gasteiger partial charge on any atom is -0.483 e. The van der Waals surface area contributed by atoms with Gasteiger partial charge >= 0.3 is 0 Å². The third kappa shape index (κ3) is 6.75. The Kier molecular flexibility index (Phi) is 10.8. The average molecular weight is 316 g/mol. The lowest BCUT2D eigenvalue weighted by Gasteiger charge is -2.37. The van der Waals surface area contributed by atoms with Crippen LogP contribution in [0.1, 0.15) is 47.0 Å². The maximum Gasteiger partial charge on any atom is 0.290 e. The molecule has 0 aromatic rings. The predicted molar refractivity (Wildman–Crippen MR) is 86.7 cm³/mol. The quantitative estimate of drug-likeness (QED) is 0.725.